The van der Waals surface area contributed by atoms with E-state index in [9.17, 15) is 4.79 Å². The van der Waals surface area contributed by atoms with Gasteiger partial charge in [0, 0.05) is 0 Å². The second-order valence-corrected chi connectivity index (χ2v) is 6.52. The number of carbonyl (C=O) groups excluding carboxylic acids is 1. The summed E-state index contributed by atoms with van der Waals surface area (Å²) >= 11 is 0. The lowest BCUT2D eigenvalue weighted by Gasteiger charge is -2.09. The van der Waals surface area contributed by atoms with Crippen LogP contribution in [0.1, 0.15) is 10.4 Å². The highest BCUT2D eigenvalue weighted by Crippen LogP contribution is 2.25. The van der Waals surface area contributed by atoms with E-state index in [4.69, 9.17) is 14.2 Å². The second kappa shape index (κ2) is 9.43. The van der Waals surface area contributed by atoms with Crippen molar-refractivity contribution in [3.63, 3.8) is 0 Å². The summed E-state index contributed by atoms with van der Waals surface area (Å²) in [4.78, 5) is 12.1. The van der Waals surface area contributed by atoms with Crippen LogP contribution in [0.15, 0.2) is 109 Å². The molecule has 30 heavy (non-hydrogen) atoms. The van der Waals surface area contributed by atoms with Crippen molar-refractivity contribution in [3.8, 4) is 28.4 Å². The average Bonchev–Trinajstić information content (AvgIpc) is 2.81. The highest BCUT2D eigenvalue weighted by Gasteiger charge is 2.08. The van der Waals surface area contributed by atoms with E-state index in [0.717, 1.165) is 22.6 Å². The Morgan fingerprint density at radius 3 is 1.57 bits per heavy atom. The van der Waals surface area contributed by atoms with Crippen LogP contribution in [0.2, 0.25) is 0 Å². The van der Waals surface area contributed by atoms with Gasteiger partial charge in [-0.15, -0.1) is 0 Å². The molecule has 4 aromatic carbocycles. The van der Waals surface area contributed by atoms with Crippen LogP contribution in [0.25, 0.3) is 11.1 Å². The molecule has 0 aliphatic heterocycles. The number of ether oxygens (including phenoxy) is 3. The zero-order valence-electron chi connectivity index (χ0n) is 16.2. The van der Waals surface area contributed by atoms with Gasteiger partial charge in [-0.05, 0) is 59.7 Å². The van der Waals surface area contributed by atoms with Crippen molar-refractivity contribution >= 4 is 5.97 Å². The Kier molecular flexibility index (Phi) is 6.06. The van der Waals surface area contributed by atoms with Crippen molar-refractivity contribution in [2.45, 2.75) is 0 Å². The van der Waals surface area contributed by atoms with Gasteiger partial charge in [0.05, 0.1) is 5.56 Å². The molecule has 0 bridgehead atoms. The summed E-state index contributed by atoms with van der Waals surface area (Å²) in [5.41, 5.74) is 2.57. The summed E-state index contributed by atoms with van der Waals surface area (Å²) < 4.78 is 16.6. The average molecular weight is 396 g/mol. The molecule has 0 unspecified atom stereocenters. The van der Waals surface area contributed by atoms with Gasteiger partial charge in [-0.25, -0.2) is 4.79 Å². The first-order chi connectivity index (χ1) is 14.8. The number of para-hydroxylation sites is 1. The molecule has 0 saturated carbocycles. The summed E-state index contributed by atoms with van der Waals surface area (Å²) in [6.07, 6.45) is 0. The molecule has 4 aromatic rings. The normalized spacial score (nSPS) is 10.3. The van der Waals surface area contributed by atoms with E-state index in [0.29, 0.717) is 11.3 Å². The van der Waals surface area contributed by atoms with Gasteiger partial charge in [0.25, 0.3) is 0 Å². The molecule has 0 atom stereocenters. The lowest BCUT2D eigenvalue weighted by Crippen LogP contribution is -2.07. The third-order valence-corrected chi connectivity index (χ3v) is 4.46. The van der Waals surface area contributed by atoms with Gasteiger partial charge in [-0.2, -0.15) is 0 Å². The largest absolute Gasteiger partial charge is 0.458 e. The number of carbonyl (C=O) groups is 1. The first-order valence-electron chi connectivity index (χ1n) is 9.56. The maximum atomic E-state index is 12.1. The summed E-state index contributed by atoms with van der Waals surface area (Å²) in [5, 5.41) is 0. The van der Waals surface area contributed by atoms with Gasteiger partial charge in [-0.1, -0.05) is 60.7 Å². The van der Waals surface area contributed by atoms with E-state index < -0.39 is 0 Å². The van der Waals surface area contributed by atoms with E-state index >= 15 is 0 Å². The highest BCUT2D eigenvalue weighted by molar-refractivity contribution is 5.91. The molecule has 4 nitrogen and oxygen atoms in total. The van der Waals surface area contributed by atoms with Crippen molar-refractivity contribution in [2.75, 3.05) is 6.79 Å². The number of benzene rings is 4. The fourth-order valence-corrected chi connectivity index (χ4v) is 2.88. The van der Waals surface area contributed by atoms with Crippen LogP contribution < -0.4 is 14.2 Å². The van der Waals surface area contributed by atoms with Crippen LogP contribution in [0.3, 0.4) is 0 Å². The SMILES string of the molecule is O=C(Oc1ccc(-c2ccc(OCOc3ccccc3)cc2)cc1)c1ccccc1. The van der Waals surface area contributed by atoms with Gasteiger partial charge in [0.2, 0.25) is 6.79 Å². The Bertz CT molecular complexity index is 1070. The fraction of sp³-hybridized carbons (Fsp3) is 0.0385. The first-order valence-corrected chi connectivity index (χ1v) is 9.56. The Morgan fingerprint density at radius 2 is 1.00 bits per heavy atom. The molecular formula is C26H20O4. The lowest BCUT2D eigenvalue weighted by atomic mass is 10.1. The maximum absolute atomic E-state index is 12.1. The van der Waals surface area contributed by atoms with Gasteiger partial charge in [0.15, 0.2) is 0 Å². The molecule has 0 aliphatic carbocycles. The number of hydrogen-bond donors (Lipinski definition) is 0. The molecule has 0 N–H and O–H groups in total. The van der Waals surface area contributed by atoms with E-state index in [1.165, 1.54) is 0 Å². The van der Waals surface area contributed by atoms with E-state index in [1.54, 1.807) is 36.4 Å². The topological polar surface area (TPSA) is 44.8 Å². The molecule has 0 saturated heterocycles. The third kappa shape index (κ3) is 5.06. The molecule has 0 radical (unpaired) electrons. The van der Waals surface area contributed by atoms with Gasteiger partial charge in [0.1, 0.15) is 17.2 Å². The number of rotatable bonds is 7. The zero-order chi connectivity index (χ0) is 20.6. The molecule has 148 valence electrons. The summed E-state index contributed by atoms with van der Waals surface area (Å²) in [6, 6.07) is 33.6. The minimum atomic E-state index is -0.373. The van der Waals surface area contributed by atoms with Crippen LogP contribution in [0.5, 0.6) is 17.2 Å². The summed E-state index contributed by atoms with van der Waals surface area (Å²) in [7, 11) is 0. The van der Waals surface area contributed by atoms with Gasteiger partial charge in [-0.3, -0.25) is 0 Å². The standard InChI is InChI=1S/C26H20O4/c27-26(22-7-3-1-4-8-22)30-25-17-13-21(14-18-25)20-11-15-24(16-12-20)29-19-28-23-9-5-2-6-10-23/h1-18H,19H2. The van der Waals surface area contributed by atoms with Crippen molar-refractivity contribution in [1.82, 2.24) is 0 Å². The molecule has 4 heteroatoms. The molecular weight excluding hydrogens is 376 g/mol. The summed E-state index contributed by atoms with van der Waals surface area (Å²) in [6.45, 7) is 0.144. The van der Waals surface area contributed by atoms with Crippen molar-refractivity contribution in [2.24, 2.45) is 0 Å². The molecule has 0 aliphatic rings. The lowest BCUT2D eigenvalue weighted by molar-refractivity contribution is 0.0734. The Hall–Kier alpha value is -4.05. The molecule has 0 aromatic heterocycles. The molecule has 4 rings (SSSR count). The Balaban J connectivity index is 1.33. The van der Waals surface area contributed by atoms with E-state index in [-0.39, 0.29) is 12.8 Å². The van der Waals surface area contributed by atoms with E-state index in [1.807, 2.05) is 72.8 Å². The van der Waals surface area contributed by atoms with Crippen molar-refractivity contribution in [3.05, 3.63) is 115 Å². The Morgan fingerprint density at radius 1 is 0.533 bits per heavy atom. The minimum absolute atomic E-state index is 0.144. The Labute approximate surface area is 175 Å². The van der Waals surface area contributed by atoms with Crippen LogP contribution >= 0.6 is 0 Å². The van der Waals surface area contributed by atoms with Crippen LogP contribution in [-0.4, -0.2) is 12.8 Å². The number of esters is 1. The monoisotopic (exact) mass is 396 g/mol. The van der Waals surface area contributed by atoms with Gasteiger partial charge < -0.3 is 14.2 Å². The molecule has 0 spiro atoms. The maximum Gasteiger partial charge on any atom is 0.343 e. The van der Waals surface area contributed by atoms with Crippen molar-refractivity contribution < 1.29 is 19.0 Å². The van der Waals surface area contributed by atoms with E-state index in [2.05, 4.69) is 0 Å². The fourth-order valence-electron chi connectivity index (χ4n) is 2.88. The summed E-state index contributed by atoms with van der Waals surface area (Å²) in [5.74, 6) is 1.62. The van der Waals surface area contributed by atoms with Crippen molar-refractivity contribution in [1.29, 1.82) is 0 Å². The third-order valence-electron chi connectivity index (χ3n) is 4.46. The van der Waals surface area contributed by atoms with Crippen LogP contribution in [-0.2, 0) is 0 Å². The smallest absolute Gasteiger partial charge is 0.343 e. The predicted molar refractivity (Wildman–Crippen MR) is 116 cm³/mol. The number of hydrogen-bond acceptors (Lipinski definition) is 4. The van der Waals surface area contributed by atoms with Crippen LogP contribution in [0, 0.1) is 0 Å². The van der Waals surface area contributed by atoms with Gasteiger partial charge >= 0.3 is 5.97 Å². The molecule has 0 amide bonds. The van der Waals surface area contributed by atoms with Crippen LogP contribution in [0.4, 0.5) is 0 Å². The molecule has 0 fully saturated rings. The predicted octanol–water partition coefficient (Wildman–Crippen LogP) is 5.99. The highest BCUT2D eigenvalue weighted by atomic mass is 16.7. The first kappa shape index (κ1) is 19.3. The second-order valence-electron chi connectivity index (χ2n) is 6.52. The minimum Gasteiger partial charge on any atom is -0.458 e. The molecule has 0 heterocycles. The quantitative estimate of drug-likeness (QED) is 0.219. The zero-order valence-corrected chi connectivity index (χ0v) is 16.2.